The van der Waals surface area contributed by atoms with E-state index >= 15 is 0 Å². The van der Waals surface area contributed by atoms with Crippen molar-refractivity contribution >= 4 is 33.8 Å². The van der Waals surface area contributed by atoms with Crippen LogP contribution in [0.25, 0.3) is 0 Å². The van der Waals surface area contributed by atoms with Crippen LogP contribution in [0.15, 0.2) is 23.1 Å². The van der Waals surface area contributed by atoms with Gasteiger partial charge in [-0.15, -0.1) is 12.4 Å². The van der Waals surface area contributed by atoms with E-state index in [1.165, 1.54) is 12.1 Å². The molecule has 0 saturated carbocycles. The van der Waals surface area contributed by atoms with Gasteiger partial charge in [0.25, 0.3) is 5.69 Å². The number of hydrogen-bond acceptors (Lipinski definition) is 6. The van der Waals surface area contributed by atoms with E-state index in [-0.39, 0.29) is 28.7 Å². The largest absolute Gasteiger partial charge is 0.378 e. The smallest absolute Gasteiger partial charge is 0.293 e. The Morgan fingerprint density at radius 3 is 2.44 bits per heavy atom. The Hall–Kier alpha value is -1.42. The quantitative estimate of drug-likeness (QED) is 0.517. The van der Waals surface area contributed by atoms with Crippen molar-refractivity contribution in [3.05, 3.63) is 28.3 Å². The summed E-state index contributed by atoms with van der Waals surface area (Å²) in [5.74, 6) is 0. The van der Waals surface area contributed by atoms with E-state index in [1.54, 1.807) is 0 Å². The molecule has 1 aromatic carbocycles. The van der Waals surface area contributed by atoms with Crippen LogP contribution in [0.3, 0.4) is 0 Å². The average Bonchev–Trinajstić information content (AvgIpc) is 2.24. The molecule has 0 unspecified atom stereocenters. The number of primary sulfonamides is 1. The second-order valence-electron chi connectivity index (χ2n) is 3.20. The first kappa shape index (κ1) is 16.6. The molecule has 18 heavy (non-hydrogen) atoms. The number of hydrogen-bond donors (Lipinski definition) is 3. The predicted molar refractivity (Wildman–Crippen MR) is 69.3 cm³/mol. The van der Waals surface area contributed by atoms with Gasteiger partial charge in [0.2, 0.25) is 10.0 Å². The van der Waals surface area contributed by atoms with E-state index in [2.05, 4.69) is 5.32 Å². The van der Waals surface area contributed by atoms with Gasteiger partial charge in [0.05, 0.1) is 9.82 Å². The minimum absolute atomic E-state index is 0. The molecule has 0 aliphatic carbocycles. The maximum atomic E-state index is 11.0. The maximum absolute atomic E-state index is 11.0. The molecule has 5 N–H and O–H groups in total. The van der Waals surface area contributed by atoms with Crippen molar-refractivity contribution in [1.82, 2.24) is 0 Å². The monoisotopic (exact) mass is 296 g/mol. The molecular weight excluding hydrogens is 284 g/mol. The predicted octanol–water partition coefficient (Wildman–Crippen LogP) is 0.0346. The SMILES string of the molecule is Cl.NCCNc1ccc(S(N)(=O)=O)cc1[N+](=O)[O-]. The molecule has 0 saturated heterocycles. The third-order valence-electron chi connectivity index (χ3n) is 1.95. The second kappa shape index (κ2) is 6.50. The first-order chi connectivity index (χ1) is 7.86. The molecule has 10 heteroatoms. The van der Waals surface area contributed by atoms with E-state index in [9.17, 15) is 18.5 Å². The third kappa shape index (κ3) is 4.11. The number of sulfonamides is 1. The molecule has 0 aliphatic rings. The molecule has 0 bridgehead atoms. The molecule has 8 nitrogen and oxygen atoms in total. The van der Waals surface area contributed by atoms with E-state index in [1.807, 2.05) is 0 Å². The van der Waals surface area contributed by atoms with Crippen molar-refractivity contribution in [2.24, 2.45) is 10.9 Å². The number of nitrogens with two attached hydrogens (primary N) is 2. The normalized spacial score (nSPS) is 10.6. The maximum Gasteiger partial charge on any atom is 0.293 e. The molecule has 0 radical (unpaired) electrons. The lowest BCUT2D eigenvalue weighted by atomic mass is 10.2. The second-order valence-corrected chi connectivity index (χ2v) is 4.76. The number of nitro benzene ring substituents is 1. The Morgan fingerprint density at radius 1 is 1.39 bits per heavy atom. The molecule has 1 aromatic rings. The lowest BCUT2D eigenvalue weighted by Crippen LogP contribution is -2.15. The summed E-state index contributed by atoms with van der Waals surface area (Å²) in [5.41, 5.74) is 5.10. The van der Waals surface area contributed by atoms with Crippen LogP contribution in [0.4, 0.5) is 11.4 Å². The van der Waals surface area contributed by atoms with Crippen LogP contribution in [0, 0.1) is 10.1 Å². The van der Waals surface area contributed by atoms with E-state index in [0.717, 1.165) is 6.07 Å². The zero-order valence-electron chi connectivity index (χ0n) is 9.20. The fraction of sp³-hybridized carbons (Fsp3) is 0.250. The molecule has 0 heterocycles. The zero-order chi connectivity index (χ0) is 13.1. The number of halogens is 1. The van der Waals surface area contributed by atoms with Gasteiger partial charge in [0.15, 0.2) is 0 Å². The minimum atomic E-state index is -3.95. The molecule has 0 aromatic heterocycles. The Bertz CT molecular complexity index is 534. The van der Waals surface area contributed by atoms with Gasteiger partial charge in [-0.2, -0.15) is 0 Å². The van der Waals surface area contributed by atoms with Crippen LogP contribution < -0.4 is 16.2 Å². The summed E-state index contributed by atoms with van der Waals surface area (Å²) in [4.78, 5) is 9.77. The highest BCUT2D eigenvalue weighted by Crippen LogP contribution is 2.26. The van der Waals surface area contributed by atoms with Crippen molar-refractivity contribution in [3.63, 3.8) is 0 Å². The molecule has 0 atom stereocenters. The summed E-state index contributed by atoms with van der Waals surface area (Å²) < 4.78 is 22.1. The van der Waals surface area contributed by atoms with Crippen molar-refractivity contribution < 1.29 is 13.3 Å². The van der Waals surface area contributed by atoms with Gasteiger partial charge in [-0.25, -0.2) is 13.6 Å². The molecular formula is C8H13ClN4O4S. The summed E-state index contributed by atoms with van der Waals surface area (Å²) >= 11 is 0. The van der Waals surface area contributed by atoms with Crippen LogP contribution in [0.5, 0.6) is 0 Å². The van der Waals surface area contributed by atoms with Crippen LogP contribution >= 0.6 is 12.4 Å². The van der Waals surface area contributed by atoms with Gasteiger partial charge >= 0.3 is 0 Å². The molecule has 0 fully saturated rings. The van der Waals surface area contributed by atoms with Crippen LogP contribution in [0.1, 0.15) is 0 Å². The lowest BCUT2D eigenvalue weighted by molar-refractivity contribution is -0.384. The fourth-order valence-electron chi connectivity index (χ4n) is 1.20. The number of nitro groups is 1. The van der Waals surface area contributed by atoms with Crippen molar-refractivity contribution in [2.75, 3.05) is 18.4 Å². The van der Waals surface area contributed by atoms with Gasteiger partial charge in [-0.1, -0.05) is 0 Å². The van der Waals surface area contributed by atoms with Crippen molar-refractivity contribution in [1.29, 1.82) is 0 Å². The first-order valence-corrected chi connectivity index (χ1v) is 6.16. The summed E-state index contributed by atoms with van der Waals surface area (Å²) in [5, 5.41) is 18.4. The van der Waals surface area contributed by atoms with Gasteiger partial charge in [-0.05, 0) is 12.1 Å². The molecule has 1 rings (SSSR count). The van der Waals surface area contributed by atoms with Gasteiger partial charge in [0.1, 0.15) is 5.69 Å². The summed E-state index contributed by atoms with van der Waals surface area (Å²) in [6.07, 6.45) is 0. The summed E-state index contributed by atoms with van der Waals surface area (Å²) in [6, 6.07) is 3.39. The van der Waals surface area contributed by atoms with Gasteiger partial charge in [-0.3, -0.25) is 10.1 Å². The minimum Gasteiger partial charge on any atom is -0.378 e. The van der Waals surface area contributed by atoms with Gasteiger partial charge in [0, 0.05) is 19.2 Å². The highest BCUT2D eigenvalue weighted by atomic mass is 35.5. The van der Waals surface area contributed by atoms with Crippen molar-refractivity contribution in [3.8, 4) is 0 Å². The van der Waals surface area contributed by atoms with Crippen LogP contribution in [0.2, 0.25) is 0 Å². The molecule has 0 aliphatic heterocycles. The number of nitrogens with zero attached hydrogens (tertiary/aromatic N) is 1. The standard InChI is InChI=1S/C8H12N4O4S.ClH/c9-3-4-11-7-2-1-6(17(10,15)16)5-8(7)12(13)14;/h1-2,5,11H,3-4,9H2,(H2,10,15,16);1H. The molecule has 0 spiro atoms. The Balaban J connectivity index is 0.00000289. The topological polar surface area (TPSA) is 141 Å². The van der Waals surface area contributed by atoms with E-state index < -0.39 is 14.9 Å². The lowest BCUT2D eigenvalue weighted by Gasteiger charge is -2.06. The van der Waals surface area contributed by atoms with Gasteiger partial charge < -0.3 is 11.1 Å². The Labute approximate surface area is 110 Å². The molecule has 0 amide bonds. The molecule has 102 valence electrons. The van der Waals surface area contributed by atoms with Crippen LogP contribution in [-0.4, -0.2) is 26.4 Å². The zero-order valence-corrected chi connectivity index (χ0v) is 10.8. The summed E-state index contributed by atoms with van der Waals surface area (Å²) in [6.45, 7) is 0.643. The number of anilines is 1. The third-order valence-corrected chi connectivity index (χ3v) is 2.87. The first-order valence-electron chi connectivity index (χ1n) is 4.61. The number of nitrogens with one attached hydrogen (secondary N) is 1. The van der Waals surface area contributed by atoms with E-state index in [0.29, 0.717) is 13.1 Å². The van der Waals surface area contributed by atoms with Crippen LogP contribution in [-0.2, 0) is 10.0 Å². The van der Waals surface area contributed by atoms with E-state index in [4.69, 9.17) is 10.9 Å². The summed E-state index contributed by atoms with van der Waals surface area (Å²) in [7, 11) is -3.95. The number of benzene rings is 1. The Morgan fingerprint density at radius 2 is 2.00 bits per heavy atom. The fourth-order valence-corrected chi connectivity index (χ4v) is 1.73. The average molecular weight is 297 g/mol. The highest BCUT2D eigenvalue weighted by molar-refractivity contribution is 7.89. The van der Waals surface area contributed by atoms with Crippen molar-refractivity contribution in [2.45, 2.75) is 4.90 Å². The number of rotatable bonds is 5. The Kier molecular flexibility index (Phi) is 5.98. The highest BCUT2D eigenvalue weighted by Gasteiger charge is 2.18.